The maximum atomic E-state index is 12.2. The largest absolute Gasteiger partial charge is 0.507 e. The number of aryl methyl sites for hydroxylation is 1. The number of ether oxygens (including phenoxy) is 3. The summed E-state index contributed by atoms with van der Waals surface area (Å²) in [5.41, 5.74) is 0.756. The van der Waals surface area contributed by atoms with Crippen LogP contribution in [0.5, 0.6) is 11.5 Å². The first-order chi connectivity index (χ1) is 13.8. The molecular weight excluding hydrogens is 400 g/mol. The second-order valence-electron chi connectivity index (χ2n) is 6.19. The van der Waals surface area contributed by atoms with E-state index in [0.29, 0.717) is 5.75 Å². The minimum Gasteiger partial charge on any atom is -0.507 e. The molecule has 0 heterocycles. The molecule has 158 valence electrons. The van der Waals surface area contributed by atoms with E-state index >= 15 is 0 Å². The Hall–Kier alpha value is -2.62. The number of rotatable bonds is 12. The van der Waals surface area contributed by atoms with Crippen molar-refractivity contribution in [2.75, 3.05) is 38.8 Å². The fourth-order valence-corrected chi connectivity index (χ4v) is 3.47. The lowest BCUT2D eigenvalue weighted by molar-refractivity contribution is 0.0409. The molecular formula is C20H24O8S. The average Bonchev–Trinajstić information content (AvgIpc) is 2.68. The predicted molar refractivity (Wildman–Crippen MR) is 105 cm³/mol. The van der Waals surface area contributed by atoms with E-state index in [9.17, 15) is 18.3 Å². The highest BCUT2D eigenvalue weighted by Crippen LogP contribution is 2.22. The smallest absolute Gasteiger partial charge is 0.339 e. The number of aromatic carboxylic acids is 1. The molecule has 0 saturated carbocycles. The van der Waals surface area contributed by atoms with Gasteiger partial charge in [-0.2, -0.15) is 0 Å². The summed E-state index contributed by atoms with van der Waals surface area (Å²) in [6.07, 6.45) is 0. The fourth-order valence-electron chi connectivity index (χ4n) is 2.35. The second-order valence-corrected chi connectivity index (χ2v) is 8.30. The van der Waals surface area contributed by atoms with Gasteiger partial charge in [0.05, 0.1) is 37.1 Å². The second kappa shape index (κ2) is 10.8. The number of phenols is 1. The van der Waals surface area contributed by atoms with E-state index in [-0.39, 0.29) is 55.0 Å². The molecule has 2 rings (SSSR count). The number of hydrogen-bond donors (Lipinski definition) is 2. The van der Waals surface area contributed by atoms with Crippen LogP contribution in [0.4, 0.5) is 0 Å². The molecule has 0 aliphatic heterocycles. The van der Waals surface area contributed by atoms with Crippen molar-refractivity contribution in [3.8, 4) is 11.5 Å². The van der Waals surface area contributed by atoms with Crippen molar-refractivity contribution in [3.05, 3.63) is 53.6 Å². The maximum absolute atomic E-state index is 12.2. The van der Waals surface area contributed by atoms with Crippen molar-refractivity contribution in [1.82, 2.24) is 0 Å². The summed E-state index contributed by atoms with van der Waals surface area (Å²) in [5.74, 6) is -1.37. The highest BCUT2D eigenvalue weighted by Gasteiger charge is 2.13. The summed E-state index contributed by atoms with van der Waals surface area (Å²) in [6.45, 7) is 2.90. The molecule has 0 spiro atoms. The zero-order chi connectivity index (χ0) is 21.3. The van der Waals surface area contributed by atoms with Gasteiger partial charge in [-0.3, -0.25) is 0 Å². The van der Waals surface area contributed by atoms with E-state index in [1.165, 1.54) is 18.2 Å². The normalized spacial score (nSPS) is 11.3. The molecule has 2 aromatic carbocycles. The van der Waals surface area contributed by atoms with Crippen LogP contribution in [-0.4, -0.2) is 63.4 Å². The Kier molecular flexibility index (Phi) is 8.44. The fraction of sp³-hybridized carbons (Fsp3) is 0.350. The van der Waals surface area contributed by atoms with Crippen molar-refractivity contribution >= 4 is 15.8 Å². The average molecular weight is 424 g/mol. The van der Waals surface area contributed by atoms with Crippen LogP contribution in [0.3, 0.4) is 0 Å². The van der Waals surface area contributed by atoms with E-state index in [1.807, 2.05) is 6.92 Å². The van der Waals surface area contributed by atoms with Crippen molar-refractivity contribution in [1.29, 1.82) is 0 Å². The van der Waals surface area contributed by atoms with Gasteiger partial charge in [0.15, 0.2) is 9.84 Å². The monoisotopic (exact) mass is 424 g/mol. The van der Waals surface area contributed by atoms with Crippen molar-refractivity contribution < 1.29 is 37.6 Å². The Morgan fingerprint density at radius 2 is 1.55 bits per heavy atom. The van der Waals surface area contributed by atoms with Crippen LogP contribution in [0.15, 0.2) is 47.4 Å². The molecule has 0 unspecified atom stereocenters. The molecule has 0 bridgehead atoms. The van der Waals surface area contributed by atoms with Gasteiger partial charge in [0.25, 0.3) is 0 Å². The number of benzene rings is 2. The molecule has 0 aliphatic carbocycles. The van der Waals surface area contributed by atoms with E-state index < -0.39 is 15.8 Å². The van der Waals surface area contributed by atoms with Gasteiger partial charge in [-0.15, -0.1) is 0 Å². The van der Waals surface area contributed by atoms with Crippen LogP contribution in [0.1, 0.15) is 15.9 Å². The summed E-state index contributed by atoms with van der Waals surface area (Å²) in [5, 5.41) is 18.4. The number of hydrogen-bond acceptors (Lipinski definition) is 7. The first-order valence-electron chi connectivity index (χ1n) is 8.93. The van der Waals surface area contributed by atoms with Gasteiger partial charge in [0, 0.05) is 0 Å². The summed E-state index contributed by atoms with van der Waals surface area (Å²) >= 11 is 0. The van der Waals surface area contributed by atoms with Crippen LogP contribution >= 0.6 is 0 Å². The number of sulfone groups is 1. The van der Waals surface area contributed by atoms with E-state index in [0.717, 1.165) is 5.56 Å². The minimum atomic E-state index is -3.37. The molecule has 2 aromatic rings. The first kappa shape index (κ1) is 22.7. The molecule has 0 radical (unpaired) electrons. The molecule has 0 saturated heterocycles. The number of carboxylic acid groups (broad SMARTS) is 1. The Labute approximate surface area is 169 Å². The SMILES string of the molecule is Cc1ccc(S(=O)(=O)CCOCCOCCOc2ccc(O)c(C(=O)O)c2)cc1. The molecule has 0 atom stereocenters. The lowest BCUT2D eigenvalue weighted by Crippen LogP contribution is -2.15. The van der Waals surface area contributed by atoms with Gasteiger partial charge < -0.3 is 24.4 Å². The Morgan fingerprint density at radius 3 is 2.21 bits per heavy atom. The van der Waals surface area contributed by atoms with Gasteiger partial charge in [0.1, 0.15) is 23.7 Å². The van der Waals surface area contributed by atoms with Crippen LogP contribution < -0.4 is 4.74 Å². The molecule has 0 fully saturated rings. The summed E-state index contributed by atoms with van der Waals surface area (Å²) in [6, 6.07) is 10.6. The van der Waals surface area contributed by atoms with Crippen molar-refractivity contribution in [2.24, 2.45) is 0 Å². The van der Waals surface area contributed by atoms with E-state index in [1.54, 1.807) is 24.3 Å². The summed E-state index contributed by atoms with van der Waals surface area (Å²) < 4.78 is 40.3. The van der Waals surface area contributed by atoms with E-state index in [2.05, 4.69) is 0 Å². The number of aromatic hydroxyl groups is 1. The third-order valence-electron chi connectivity index (χ3n) is 3.94. The van der Waals surface area contributed by atoms with Gasteiger partial charge in [-0.25, -0.2) is 13.2 Å². The number of carbonyl (C=O) groups is 1. The molecule has 0 aromatic heterocycles. The lowest BCUT2D eigenvalue weighted by atomic mass is 10.2. The molecule has 8 nitrogen and oxygen atoms in total. The summed E-state index contributed by atoms with van der Waals surface area (Å²) in [7, 11) is -3.37. The van der Waals surface area contributed by atoms with Crippen molar-refractivity contribution in [3.63, 3.8) is 0 Å². The Bertz CT molecular complexity index is 907. The zero-order valence-electron chi connectivity index (χ0n) is 16.0. The Morgan fingerprint density at radius 1 is 0.931 bits per heavy atom. The molecule has 0 aliphatic rings. The number of carboxylic acids is 1. The van der Waals surface area contributed by atoms with Gasteiger partial charge in [0.2, 0.25) is 0 Å². The van der Waals surface area contributed by atoms with Crippen LogP contribution in [0, 0.1) is 6.92 Å². The van der Waals surface area contributed by atoms with Crippen LogP contribution in [-0.2, 0) is 19.3 Å². The highest BCUT2D eigenvalue weighted by molar-refractivity contribution is 7.91. The highest BCUT2D eigenvalue weighted by atomic mass is 32.2. The summed E-state index contributed by atoms with van der Waals surface area (Å²) in [4.78, 5) is 11.2. The minimum absolute atomic E-state index is 0.0710. The quantitative estimate of drug-likeness (QED) is 0.498. The maximum Gasteiger partial charge on any atom is 0.339 e. The first-order valence-corrected chi connectivity index (χ1v) is 10.6. The lowest BCUT2D eigenvalue weighted by Gasteiger charge is -2.09. The van der Waals surface area contributed by atoms with Crippen LogP contribution in [0.25, 0.3) is 0 Å². The molecule has 9 heteroatoms. The van der Waals surface area contributed by atoms with E-state index in [4.69, 9.17) is 19.3 Å². The van der Waals surface area contributed by atoms with Crippen molar-refractivity contribution in [2.45, 2.75) is 11.8 Å². The topological polar surface area (TPSA) is 119 Å². The molecule has 29 heavy (non-hydrogen) atoms. The zero-order valence-corrected chi connectivity index (χ0v) is 16.9. The third-order valence-corrected chi connectivity index (χ3v) is 5.64. The Balaban J connectivity index is 1.58. The standard InChI is InChI=1S/C20H24O8S/c1-15-2-5-17(6-3-15)29(24,25)13-12-27-9-8-26-10-11-28-16-4-7-19(21)18(14-16)20(22)23/h2-7,14,21H,8-13H2,1H3,(H,22,23). The van der Waals surface area contributed by atoms with Gasteiger partial charge >= 0.3 is 5.97 Å². The molecule has 2 N–H and O–H groups in total. The predicted octanol–water partition coefficient (Wildman–Crippen LogP) is 2.28. The van der Waals surface area contributed by atoms with Gasteiger partial charge in [-0.1, -0.05) is 17.7 Å². The van der Waals surface area contributed by atoms with Gasteiger partial charge in [-0.05, 0) is 37.3 Å². The third kappa shape index (κ3) is 7.37. The molecule has 0 amide bonds. The van der Waals surface area contributed by atoms with Crippen LogP contribution in [0.2, 0.25) is 0 Å².